The zero-order valence-electron chi connectivity index (χ0n) is 21.7. The van der Waals surface area contributed by atoms with Crippen molar-refractivity contribution in [1.82, 2.24) is 0 Å². The topological polar surface area (TPSA) is 9.23 Å². The average Bonchev–Trinajstić information content (AvgIpc) is 2.76. The highest BCUT2D eigenvalue weighted by molar-refractivity contribution is 5.44. The van der Waals surface area contributed by atoms with Gasteiger partial charge in [-0.25, -0.2) is 0 Å². The summed E-state index contributed by atoms with van der Waals surface area (Å²) < 4.78 is 40.2. The predicted octanol–water partition coefficient (Wildman–Crippen LogP) is 10.2. The Kier molecular flexibility index (Phi) is 20.4. The van der Waals surface area contributed by atoms with Gasteiger partial charge in [0, 0.05) is 0 Å². The van der Waals surface area contributed by atoms with E-state index in [2.05, 4.69) is 42.8 Å². The summed E-state index contributed by atoms with van der Waals surface area (Å²) >= 11 is 0. The second-order valence-corrected chi connectivity index (χ2v) is 6.67. The largest absolute Gasteiger partial charge is 0.573 e. The predicted molar refractivity (Wildman–Crippen MR) is 131 cm³/mol. The lowest BCUT2D eigenvalue weighted by atomic mass is 9.94. The Bertz CT molecular complexity index is 660. The van der Waals surface area contributed by atoms with E-state index in [1.54, 1.807) is 13.0 Å². The SMILES string of the molecule is CC.CC.CC.CC(C)c1ccccc1.Cc1c(OC(F)(F)F)ccc(C(C)C)c1C. The number of hydrogen-bond acceptors (Lipinski definition) is 1. The average molecular weight is 443 g/mol. The molecule has 0 aliphatic rings. The van der Waals surface area contributed by atoms with Crippen LogP contribution in [0.25, 0.3) is 0 Å². The molecule has 0 aliphatic carbocycles. The van der Waals surface area contributed by atoms with Crippen molar-refractivity contribution >= 4 is 0 Å². The number of hydrogen-bond donors (Lipinski definition) is 0. The Morgan fingerprint density at radius 1 is 0.645 bits per heavy atom. The molecule has 0 unspecified atom stereocenters. The van der Waals surface area contributed by atoms with E-state index >= 15 is 0 Å². The molecule has 0 atom stereocenters. The van der Waals surface area contributed by atoms with E-state index < -0.39 is 6.36 Å². The summed E-state index contributed by atoms with van der Waals surface area (Å²) in [7, 11) is 0. The van der Waals surface area contributed by atoms with Crippen LogP contribution in [0.2, 0.25) is 0 Å². The van der Waals surface area contributed by atoms with Crippen molar-refractivity contribution in [3.8, 4) is 5.75 Å². The van der Waals surface area contributed by atoms with Gasteiger partial charge in [-0.1, -0.05) is 106 Å². The van der Waals surface area contributed by atoms with E-state index in [0.717, 1.165) is 11.1 Å². The zero-order chi connectivity index (χ0) is 25.2. The van der Waals surface area contributed by atoms with Crippen LogP contribution in [0.3, 0.4) is 0 Å². The molecule has 0 radical (unpaired) electrons. The van der Waals surface area contributed by atoms with Gasteiger partial charge in [0.2, 0.25) is 0 Å². The molecule has 2 aromatic rings. The number of rotatable bonds is 3. The second-order valence-electron chi connectivity index (χ2n) is 6.67. The highest BCUT2D eigenvalue weighted by Crippen LogP contribution is 2.31. The van der Waals surface area contributed by atoms with Crippen LogP contribution in [0.1, 0.15) is 103 Å². The Labute approximate surface area is 190 Å². The minimum atomic E-state index is -4.63. The maximum absolute atomic E-state index is 12.1. The van der Waals surface area contributed by atoms with Gasteiger partial charge >= 0.3 is 6.36 Å². The summed E-state index contributed by atoms with van der Waals surface area (Å²) in [4.78, 5) is 0. The molecule has 0 heterocycles. The summed E-state index contributed by atoms with van der Waals surface area (Å²) in [5.41, 5.74) is 3.87. The van der Waals surface area contributed by atoms with Gasteiger partial charge in [-0.15, -0.1) is 13.2 Å². The molecule has 0 fully saturated rings. The van der Waals surface area contributed by atoms with E-state index in [0.29, 0.717) is 17.4 Å². The number of benzene rings is 2. The highest BCUT2D eigenvalue weighted by Gasteiger charge is 2.32. The Balaban J connectivity index is -0.000000442. The fourth-order valence-corrected chi connectivity index (χ4v) is 2.52. The molecule has 0 aromatic heterocycles. The first-order valence-corrected chi connectivity index (χ1v) is 11.4. The lowest BCUT2D eigenvalue weighted by Gasteiger charge is -2.17. The van der Waals surface area contributed by atoms with Gasteiger partial charge in [0.05, 0.1) is 0 Å². The summed E-state index contributed by atoms with van der Waals surface area (Å²) in [5.74, 6) is 0.833. The molecular formula is C27H45F3O. The first-order chi connectivity index (χ1) is 14.5. The summed E-state index contributed by atoms with van der Waals surface area (Å²) in [5, 5.41) is 0. The van der Waals surface area contributed by atoms with Crippen molar-refractivity contribution in [2.75, 3.05) is 0 Å². The maximum atomic E-state index is 12.1. The van der Waals surface area contributed by atoms with Crippen LogP contribution in [0.15, 0.2) is 42.5 Å². The lowest BCUT2D eigenvalue weighted by molar-refractivity contribution is -0.274. The summed E-state index contributed by atoms with van der Waals surface area (Å²) in [6.45, 7) is 23.9. The summed E-state index contributed by atoms with van der Waals surface area (Å²) in [6, 6.07) is 13.6. The maximum Gasteiger partial charge on any atom is 0.573 e. The van der Waals surface area contributed by atoms with Crippen LogP contribution >= 0.6 is 0 Å². The fourth-order valence-electron chi connectivity index (χ4n) is 2.52. The number of halogens is 3. The van der Waals surface area contributed by atoms with Crippen LogP contribution in [-0.4, -0.2) is 6.36 Å². The Morgan fingerprint density at radius 3 is 1.42 bits per heavy atom. The first kappa shape index (κ1) is 33.7. The van der Waals surface area contributed by atoms with Gasteiger partial charge in [-0.05, 0) is 54.0 Å². The molecule has 1 nitrogen and oxygen atoms in total. The van der Waals surface area contributed by atoms with Gasteiger partial charge in [0.25, 0.3) is 0 Å². The molecule has 0 aliphatic heterocycles. The standard InChI is InChI=1S/C12H15F3O.C9H12.3C2H6/c1-7(2)10-5-6-11(9(4)8(10)3)16-12(13,14)15;1-8(2)9-6-4-3-5-7-9;3*1-2/h5-7H,1-4H3;3-8H,1-2H3;3*1-2H3. The van der Waals surface area contributed by atoms with E-state index in [9.17, 15) is 13.2 Å². The molecule has 0 spiro atoms. The van der Waals surface area contributed by atoms with Gasteiger partial charge in [0.15, 0.2) is 0 Å². The van der Waals surface area contributed by atoms with Gasteiger partial charge in [-0.2, -0.15) is 0 Å². The van der Waals surface area contributed by atoms with Crippen LogP contribution in [-0.2, 0) is 0 Å². The second kappa shape index (κ2) is 18.8. The third-order valence-electron chi connectivity index (χ3n) is 4.09. The van der Waals surface area contributed by atoms with Crippen LogP contribution < -0.4 is 4.74 Å². The van der Waals surface area contributed by atoms with Crippen LogP contribution in [0.5, 0.6) is 5.75 Å². The summed E-state index contributed by atoms with van der Waals surface area (Å²) in [6.07, 6.45) is -4.63. The smallest absolute Gasteiger partial charge is 0.406 e. The van der Waals surface area contributed by atoms with Crippen molar-refractivity contribution in [3.05, 3.63) is 64.7 Å². The molecule has 0 bridgehead atoms. The molecule has 0 saturated heterocycles. The Hall–Kier alpha value is -1.97. The van der Waals surface area contributed by atoms with Crippen LogP contribution in [0.4, 0.5) is 13.2 Å². The van der Waals surface area contributed by atoms with Gasteiger partial charge < -0.3 is 4.74 Å². The molecule has 0 N–H and O–H groups in total. The van der Waals surface area contributed by atoms with E-state index in [1.807, 2.05) is 68.4 Å². The molecule has 4 heteroatoms. The van der Waals surface area contributed by atoms with Gasteiger partial charge in [0.1, 0.15) is 5.75 Å². The minimum Gasteiger partial charge on any atom is -0.406 e. The van der Waals surface area contributed by atoms with Gasteiger partial charge in [-0.3, -0.25) is 0 Å². The normalized spacial score (nSPS) is 9.71. The lowest BCUT2D eigenvalue weighted by Crippen LogP contribution is -2.18. The molecule has 2 aromatic carbocycles. The van der Waals surface area contributed by atoms with Crippen molar-refractivity contribution in [1.29, 1.82) is 0 Å². The Morgan fingerprint density at radius 2 is 1.10 bits per heavy atom. The number of ether oxygens (including phenoxy) is 1. The monoisotopic (exact) mass is 442 g/mol. The van der Waals surface area contributed by atoms with Crippen molar-refractivity contribution in [2.24, 2.45) is 0 Å². The molecule has 0 saturated carbocycles. The minimum absolute atomic E-state index is 0.116. The highest BCUT2D eigenvalue weighted by atomic mass is 19.4. The van der Waals surface area contributed by atoms with E-state index in [-0.39, 0.29) is 5.75 Å². The van der Waals surface area contributed by atoms with Crippen LogP contribution in [0, 0.1) is 13.8 Å². The third kappa shape index (κ3) is 14.6. The fraction of sp³-hybridized carbons (Fsp3) is 0.556. The molecular weight excluding hydrogens is 397 g/mol. The van der Waals surface area contributed by atoms with E-state index in [1.165, 1.54) is 11.6 Å². The molecule has 0 amide bonds. The molecule has 2 rings (SSSR count). The molecule has 180 valence electrons. The quantitative estimate of drug-likeness (QED) is 0.459. The zero-order valence-corrected chi connectivity index (χ0v) is 21.7. The van der Waals surface area contributed by atoms with E-state index in [4.69, 9.17) is 0 Å². The molecule has 31 heavy (non-hydrogen) atoms. The number of alkyl halides is 3. The van der Waals surface area contributed by atoms with Crippen molar-refractivity contribution in [2.45, 2.75) is 101 Å². The van der Waals surface area contributed by atoms with Crippen molar-refractivity contribution in [3.63, 3.8) is 0 Å². The first-order valence-electron chi connectivity index (χ1n) is 11.4. The third-order valence-corrected chi connectivity index (χ3v) is 4.09. The van der Waals surface area contributed by atoms with Crippen molar-refractivity contribution < 1.29 is 17.9 Å².